The van der Waals surface area contributed by atoms with Gasteiger partial charge in [0.05, 0.1) is 0 Å². The van der Waals surface area contributed by atoms with Crippen LogP contribution in [0.2, 0.25) is 13.6 Å². The Labute approximate surface area is 38.7 Å². The predicted molar refractivity (Wildman–Crippen MR) is 17.5 cm³/mol. The molecule has 4 heavy (non-hydrogen) atoms. The zero-order chi connectivity index (χ0) is 3.58. The first kappa shape index (κ1) is 4.75. The first-order chi connectivity index (χ1) is 1.73. The zero-order valence-electron chi connectivity index (χ0n) is 2.99. The van der Waals surface area contributed by atoms with Crippen LogP contribution < -0.4 is 0 Å². The molecule has 23 valence electrons. The molecule has 0 saturated heterocycles. The molecule has 0 aliphatic heterocycles. The van der Waals surface area contributed by atoms with Crippen LogP contribution in [0.5, 0.6) is 0 Å². The van der Waals surface area contributed by atoms with Crippen LogP contribution in [-0.2, 0) is 19.6 Å². The van der Waals surface area contributed by atoms with Crippen molar-refractivity contribution in [2.75, 3.05) is 0 Å². The molecule has 0 rings (SSSR count). The first-order valence-corrected chi connectivity index (χ1v) is 3.08. The molecule has 0 aromatic heterocycles. The van der Waals surface area contributed by atoms with Gasteiger partial charge in [-0.1, -0.05) is 0 Å². The minimum absolute atomic E-state index is 0.917. The maximum atomic E-state index is 2.20. The molecule has 0 aromatic carbocycles. The summed E-state index contributed by atoms with van der Waals surface area (Å²) in [6.45, 7) is 4.41. The summed E-state index contributed by atoms with van der Waals surface area (Å²) in [7, 11) is 0. The van der Waals surface area contributed by atoms with Crippen LogP contribution in [0.3, 0.4) is 0 Å². The summed E-state index contributed by atoms with van der Waals surface area (Å²) in [6.07, 6.45) is 0. The molecule has 0 radical (unpaired) electrons. The van der Waals surface area contributed by atoms with Gasteiger partial charge in [-0.15, -0.1) is 0 Å². The van der Waals surface area contributed by atoms with E-state index in [4.69, 9.17) is 0 Å². The van der Waals surface area contributed by atoms with E-state index in [-0.39, 0.29) is 0 Å². The topological polar surface area (TPSA) is 0 Å². The quantitative estimate of drug-likeness (QED) is 0.534. The van der Waals surface area contributed by atoms with Crippen LogP contribution in [0.25, 0.3) is 0 Å². The van der Waals surface area contributed by atoms with E-state index < -0.39 is 0 Å². The van der Waals surface area contributed by atoms with Crippen molar-refractivity contribution < 1.29 is 19.6 Å². The van der Waals surface area contributed by atoms with Crippen molar-refractivity contribution in [3.63, 3.8) is 0 Å². The van der Waals surface area contributed by atoms with E-state index in [2.05, 4.69) is 13.6 Å². The molecule has 2 heteroatoms. The van der Waals surface area contributed by atoms with E-state index in [9.17, 15) is 0 Å². The number of hydrogen-bond donors (Lipinski definition) is 0. The van der Waals surface area contributed by atoms with E-state index in [1.54, 1.807) is 19.6 Å². The van der Waals surface area contributed by atoms with Crippen LogP contribution in [0.4, 0.5) is 0 Å². The molecule has 0 aliphatic carbocycles. The second-order valence-corrected chi connectivity index (χ2v) is 4.44. The Morgan fingerprint density at radius 3 is 1.50 bits per heavy atom. The van der Waals surface area contributed by atoms with Gasteiger partial charge >= 0.3 is 38.2 Å². The van der Waals surface area contributed by atoms with E-state index in [0.29, 0.717) is 0 Å². The van der Waals surface area contributed by atoms with Gasteiger partial charge in [0.2, 0.25) is 0 Å². The van der Waals surface area contributed by atoms with E-state index >= 15 is 0 Å². The third kappa shape index (κ3) is 14.9. The summed E-state index contributed by atoms with van der Waals surface area (Å²) >= 11 is 1.68. The van der Waals surface area contributed by atoms with Gasteiger partial charge < -0.3 is 0 Å². The summed E-state index contributed by atoms with van der Waals surface area (Å²) in [4.78, 5) is 0.917. The van der Waals surface area contributed by atoms with E-state index in [0.717, 1.165) is 4.98 Å². The number of hydrogen-bond acceptors (Lipinski definition) is 0. The van der Waals surface area contributed by atoms with Crippen molar-refractivity contribution in [1.82, 2.24) is 0 Å². The molecular formula is C2H6BW. The standard InChI is InChI=1S/C2H6B.W/c1-3-2;/h1-2H3;/q+1;-1. The Balaban J connectivity index is 2.32. The molecule has 0 heterocycles. The van der Waals surface area contributed by atoms with Gasteiger partial charge in [0.1, 0.15) is 0 Å². The van der Waals surface area contributed by atoms with E-state index in [1.165, 1.54) is 0 Å². The molecule has 0 spiro atoms. The Morgan fingerprint density at radius 2 is 1.50 bits per heavy atom. The Bertz CT molecular complexity index is 10.8. The first-order valence-electron chi connectivity index (χ1n) is 1.39. The molecule has 0 amide bonds. The van der Waals surface area contributed by atoms with Gasteiger partial charge in [-0.25, -0.2) is 0 Å². The van der Waals surface area contributed by atoms with Gasteiger partial charge in [0.25, 0.3) is 0 Å². The van der Waals surface area contributed by atoms with Gasteiger partial charge in [0.15, 0.2) is 0 Å². The Morgan fingerprint density at radius 1 is 1.50 bits per heavy atom. The van der Waals surface area contributed by atoms with Crippen molar-refractivity contribution >= 4 is 4.98 Å². The fourth-order valence-electron chi connectivity index (χ4n) is 0. The fraction of sp³-hybridized carbons (Fsp3) is 1.00. The van der Waals surface area contributed by atoms with Gasteiger partial charge in [0, 0.05) is 0 Å². The molecule has 0 atom stereocenters. The summed E-state index contributed by atoms with van der Waals surface area (Å²) in [5.74, 6) is 0. The predicted octanol–water partition coefficient (Wildman–Crippen LogP) is 0.784. The molecule has 0 saturated carbocycles. The SMILES string of the molecule is C[B](C)[W]. The maximum absolute atomic E-state index is 2.20. The van der Waals surface area contributed by atoms with Gasteiger partial charge in [-0.2, -0.15) is 0 Å². The van der Waals surface area contributed by atoms with Crippen molar-refractivity contribution in [2.45, 2.75) is 13.6 Å². The molecular weight excluding hydrogens is 219 g/mol. The van der Waals surface area contributed by atoms with Crippen molar-refractivity contribution in [1.29, 1.82) is 0 Å². The van der Waals surface area contributed by atoms with Gasteiger partial charge in [-0.05, 0) is 0 Å². The second kappa shape index (κ2) is 2.02. The molecule has 0 unspecified atom stereocenters. The van der Waals surface area contributed by atoms with Crippen molar-refractivity contribution in [3.05, 3.63) is 0 Å². The van der Waals surface area contributed by atoms with Crippen LogP contribution in [-0.4, -0.2) is 4.98 Å². The molecule has 0 nitrogen and oxygen atoms in total. The van der Waals surface area contributed by atoms with Crippen molar-refractivity contribution in [3.8, 4) is 0 Å². The normalized spacial score (nSPS) is 6.50. The van der Waals surface area contributed by atoms with Crippen LogP contribution >= 0.6 is 0 Å². The van der Waals surface area contributed by atoms with Crippen LogP contribution in [0.1, 0.15) is 0 Å². The molecule has 0 bridgehead atoms. The monoisotopic (exact) mass is 225 g/mol. The van der Waals surface area contributed by atoms with E-state index in [1.807, 2.05) is 0 Å². The zero-order valence-corrected chi connectivity index (χ0v) is 5.92. The fourth-order valence-corrected chi connectivity index (χ4v) is 0. The van der Waals surface area contributed by atoms with Crippen LogP contribution in [0, 0.1) is 0 Å². The van der Waals surface area contributed by atoms with Crippen LogP contribution in [0.15, 0.2) is 0 Å². The third-order valence-corrected chi connectivity index (χ3v) is 0. The summed E-state index contributed by atoms with van der Waals surface area (Å²) < 4.78 is 0. The average Bonchev–Trinajstić information content (AvgIpc) is 0.811. The summed E-state index contributed by atoms with van der Waals surface area (Å²) in [6, 6.07) is 0. The molecule has 0 N–H and O–H groups in total. The summed E-state index contributed by atoms with van der Waals surface area (Å²) in [5, 5.41) is 0. The molecule has 0 aromatic rings. The van der Waals surface area contributed by atoms with Crippen molar-refractivity contribution in [2.24, 2.45) is 0 Å². The molecule has 0 aliphatic rings. The Hall–Kier alpha value is 0.753. The Kier molecular flexibility index (Phi) is 2.40. The van der Waals surface area contributed by atoms with Gasteiger partial charge in [-0.3, -0.25) is 0 Å². The minimum atomic E-state index is 0.917. The third-order valence-electron chi connectivity index (χ3n) is 0. The average molecular weight is 225 g/mol. The molecule has 0 fully saturated rings. The second-order valence-electron chi connectivity index (χ2n) is 1.05. The summed E-state index contributed by atoms with van der Waals surface area (Å²) in [5.41, 5.74) is 0. The number of rotatable bonds is 0.